The summed E-state index contributed by atoms with van der Waals surface area (Å²) in [5.74, 6) is -0.194. The minimum absolute atomic E-state index is 0.151. The Labute approximate surface area is 90.9 Å². The van der Waals surface area contributed by atoms with E-state index in [1.807, 2.05) is 26.1 Å². The average Bonchev–Trinajstić information content (AvgIpc) is 2.17. The van der Waals surface area contributed by atoms with Crippen LogP contribution < -0.4 is 5.73 Å². The molecular weight excluding hydrogens is 191 g/mol. The first kappa shape index (κ1) is 12.1. The molecule has 2 atom stereocenters. The molecule has 0 radical (unpaired) electrons. The lowest BCUT2D eigenvalue weighted by Crippen LogP contribution is -2.34. The third kappa shape index (κ3) is 3.61. The van der Waals surface area contributed by atoms with Crippen molar-refractivity contribution in [2.75, 3.05) is 13.6 Å². The molecular formula is C12H19FN2. The van der Waals surface area contributed by atoms with Gasteiger partial charge in [0, 0.05) is 18.6 Å². The fourth-order valence-corrected chi connectivity index (χ4v) is 1.61. The fourth-order valence-electron chi connectivity index (χ4n) is 1.61. The molecule has 2 N–H and O–H groups in total. The largest absolute Gasteiger partial charge is 0.327 e. The lowest BCUT2D eigenvalue weighted by atomic mass is 10.1. The van der Waals surface area contributed by atoms with Crippen LogP contribution in [0.3, 0.4) is 0 Å². The molecule has 2 nitrogen and oxygen atoms in total. The Bertz CT molecular complexity index is 295. The van der Waals surface area contributed by atoms with Crippen molar-refractivity contribution in [1.82, 2.24) is 4.90 Å². The average molecular weight is 210 g/mol. The molecule has 0 fully saturated rings. The quantitative estimate of drug-likeness (QED) is 0.825. The Hall–Kier alpha value is -0.930. The van der Waals surface area contributed by atoms with E-state index in [0.717, 1.165) is 12.1 Å². The van der Waals surface area contributed by atoms with E-state index in [-0.39, 0.29) is 17.9 Å². The van der Waals surface area contributed by atoms with E-state index in [0.29, 0.717) is 0 Å². The Morgan fingerprint density at radius 3 is 2.27 bits per heavy atom. The highest BCUT2D eigenvalue weighted by molar-refractivity contribution is 5.19. The predicted molar refractivity (Wildman–Crippen MR) is 61.1 cm³/mol. The van der Waals surface area contributed by atoms with Crippen LogP contribution >= 0.6 is 0 Å². The van der Waals surface area contributed by atoms with Gasteiger partial charge in [0.2, 0.25) is 0 Å². The molecule has 0 aliphatic carbocycles. The van der Waals surface area contributed by atoms with E-state index in [2.05, 4.69) is 11.8 Å². The van der Waals surface area contributed by atoms with Gasteiger partial charge in [-0.3, -0.25) is 4.90 Å². The number of hydrogen-bond donors (Lipinski definition) is 1. The SMILES string of the molecule is CC(N)CN(C)C(C)c1ccc(F)cc1. The molecule has 0 saturated heterocycles. The second-order valence-electron chi connectivity index (χ2n) is 4.14. The Balaban J connectivity index is 2.67. The van der Waals surface area contributed by atoms with Gasteiger partial charge in [0.1, 0.15) is 5.82 Å². The summed E-state index contributed by atoms with van der Waals surface area (Å²) < 4.78 is 12.7. The first-order valence-electron chi connectivity index (χ1n) is 5.22. The third-order valence-electron chi connectivity index (χ3n) is 2.59. The summed E-state index contributed by atoms with van der Waals surface area (Å²) in [5.41, 5.74) is 6.84. The van der Waals surface area contributed by atoms with Gasteiger partial charge in [-0.15, -0.1) is 0 Å². The van der Waals surface area contributed by atoms with Crippen LogP contribution in [-0.4, -0.2) is 24.5 Å². The summed E-state index contributed by atoms with van der Waals surface area (Å²) in [6.07, 6.45) is 0. The standard InChI is InChI=1S/C12H19FN2/c1-9(14)8-15(3)10(2)11-4-6-12(13)7-5-11/h4-7,9-10H,8,14H2,1-3H3. The number of likely N-dealkylation sites (N-methyl/N-ethyl adjacent to an activating group) is 1. The van der Waals surface area contributed by atoms with Crippen molar-refractivity contribution in [3.8, 4) is 0 Å². The highest BCUT2D eigenvalue weighted by Crippen LogP contribution is 2.18. The molecule has 0 heterocycles. The molecule has 0 saturated carbocycles. The van der Waals surface area contributed by atoms with Crippen molar-refractivity contribution >= 4 is 0 Å². The van der Waals surface area contributed by atoms with E-state index in [1.165, 1.54) is 12.1 Å². The number of hydrogen-bond acceptors (Lipinski definition) is 2. The molecule has 2 unspecified atom stereocenters. The molecule has 84 valence electrons. The maximum Gasteiger partial charge on any atom is 0.123 e. The number of benzene rings is 1. The first-order chi connectivity index (χ1) is 7.00. The van der Waals surface area contributed by atoms with Gasteiger partial charge in [-0.25, -0.2) is 4.39 Å². The summed E-state index contributed by atoms with van der Waals surface area (Å²) in [4.78, 5) is 2.16. The minimum atomic E-state index is -0.194. The van der Waals surface area contributed by atoms with Crippen molar-refractivity contribution < 1.29 is 4.39 Å². The highest BCUT2D eigenvalue weighted by Gasteiger charge is 2.12. The summed E-state index contributed by atoms with van der Waals surface area (Å²) in [6.45, 7) is 4.90. The van der Waals surface area contributed by atoms with E-state index in [1.54, 1.807) is 0 Å². The summed E-state index contributed by atoms with van der Waals surface area (Å²) in [6, 6.07) is 7.03. The van der Waals surface area contributed by atoms with Crippen LogP contribution in [0.5, 0.6) is 0 Å². The normalized spacial score (nSPS) is 15.3. The molecule has 1 aromatic carbocycles. The van der Waals surface area contributed by atoms with E-state index in [4.69, 9.17) is 5.73 Å². The highest BCUT2D eigenvalue weighted by atomic mass is 19.1. The Morgan fingerprint density at radius 1 is 1.27 bits per heavy atom. The molecule has 1 aromatic rings. The summed E-state index contributed by atoms with van der Waals surface area (Å²) in [5, 5.41) is 0. The zero-order valence-electron chi connectivity index (χ0n) is 9.57. The van der Waals surface area contributed by atoms with Crippen LogP contribution in [0.1, 0.15) is 25.5 Å². The number of nitrogens with two attached hydrogens (primary N) is 1. The van der Waals surface area contributed by atoms with Crippen LogP contribution in [0.4, 0.5) is 4.39 Å². The van der Waals surface area contributed by atoms with Gasteiger partial charge in [0.15, 0.2) is 0 Å². The van der Waals surface area contributed by atoms with E-state index >= 15 is 0 Å². The molecule has 1 rings (SSSR count). The van der Waals surface area contributed by atoms with E-state index < -0.39 is 0 Å². The van der Waals surface area contributed by atoms with Gasteiger partial charge in [-0.1, -0.05) is 12.1 Å². The molecule has 0 amide bonds. The Morgan fingerprint density at radius 2 is 1.80 bits per heavy atom. The maximum absolute atomic E-state index is 12.7. The lowest BCUT2D eigenvalue weighted by Gasteiger charge is -2.26. The van der Waals surface area contributed by atoms with Gasteiger partial charge in [0.05, 0.1) is 0 Å². The van der Waals surface area contributed by atoms with Crippen molar-refractivity contribution in [3.63, 3.8) is 0 Å². The molecule has 0 aliphatic heterocycles. The smallest absolute Gasteiger partial charge is 0.123 e. The van der Waals surface area contributed by atoms with E-state index in [9.17, 15) is 4.39 Å². The van der Waals surface area contributed by atoms with Crippen molar-refractivity contribution in [3.05, 3.63) is 35.6 Å². The Kier molecular flexibility index (Phi) is 4.24. The monoisotopic (exact) mass is 210 g/mol. The molecule has 0 spiro atoms. The molecule has 15 heavy (non-hydrogen) atoms. The van der Waals surface area contributed by atoms with Crippen LogP contribution in [0.2, 0.25) is 0 Å². The van der Waals surface area contributed by atoms with Gasteiger partial charge >= 0.3 is 0 Å². The van der Waals surface area contributed by atoms with Crippen LogP contribution in [0, 0.1) is 5.82 Å². The fraction of sp³-hybridized carbons (Fsp3) is 0.500. The molecule has 3 heteroatoms. The maximum atomic E-state index is 12.7. The van der Waals surface area contributed by atoms with Gasteiger partial charge in [0.25, 0.3) is 0 Å². The van der Waals surface area contributed by atoms with Crippen molar-refractivity contribution in [2.45, 2.75) is 25.9 Å². The number of nitrogens with zero attached hydrogens (tertiary/aromatic N) is 1. The van der Waals surface area contributed by atoms with Gasteiger partial charge < -0.3 is 5.73 Å². The number of rotatable bonds is 4. The van der Waals surface area contributed by atoms with Crippen molar-refractivity contribution in [1.29, 1.82) is 0 Å². The third-order valence-corrected chi connectivity index (χ3v) is 2.59. The zero-order chi connectivity index (χ0) is 11.4. The summed E-state index contributed by atoms with van der Waals surface area (Å²) >= 11 is 0. The van der Waals surface area contributed by atoms with Crippen LogP contribution in [0.25, 0.3) is 0 Å². The lowest BCUT2D eigenvalue weighted by molar-refractivity contribution is 0.249. The summed E-state index contributed by atoms with van der Waals surface area (Å²) in [7, 11) is 2.03. The van der Waals surface area contributed by atoms with Gasteiger partial charge in [-0.05, 0) is 38.6 Å². The molecule has 0 aliphatic rings. The van der Waals surface area contributed by atoms with Gasteiger partial charge in [-0.2, -0.15) is 0 Å². The zero-order valence-corrected chi connectivity index (χ0v) is 9.57. The first-order valence-corrected chi connectivity index (χ1v) is 5.22. The minimum Gasteiger partial charge on any atom is -0.327 e. The predicted octanol–water partition coefficient (Wildman–Crippen LogP) is 2.17. The number of halogens is 1. The van der Waals surface area contributed by atoms with Crippen LogP contribution in [0.15, 0.2) is 24.3 Å². The van der Waals surface area contributed by atoms with Crippen LogP contribution in [-0.2, 0) is 0 Å². The molecule has 0 aromatic heterocycles. The topological polar surface area (TPSA) is 29.3 Å². The second-order valence-corrected chi connectivity index (χ2v) is 4.14. The second kappa shape index (κ2) is 5.24. The molecule has 0 bridgehead atoms. The van der Waals surface area contributed by atoms with Crippen molar-refractivity contribution in [2.24, 2.45) is 5.73 Å².